The lowest BCUT2D eigenvalue weighted by atomic mass is 10.0. The van der Waals surface area contributed by atoms with Crippen LogP contribution in [0.15, 0.2) is 47.8 Å². The van der Waals surface area contributed by atoms with Gasteiger partial charge in [-0.15, -0.1) is 11.3 Å². The van der Waals surface area contributed by atoms with Crippen LogP contribution in [0.5, 0.6) is 5.75 Å². The maximum atomic E-state index is 12.9. The largest absolute Gasteiger partial charge is 0.494 e. The molecule has 0 aliphatic heterocycles. The van der Waals surface area contributed by atoms with E-state index >= 15 is 0 Å². The predicted octanol–water partition coefficient (Wildman–Crippen LogP) is 7.33. The van der Waals surface area contributed by atoms with Crippen LogP contribution < -0.4 is 10.1 Å². The molecule has 0 saturated heterocycles. The number of rotatable bonds is 8. The number of ether oxygens (including phenoxy) is 2. The van der Waals surface area contributed by atoms with Gasteiger partial charge in [0.15, 0.2) is 0 Å². The highest BCUT2D eigenvalue weighted by molar-refractivity contribution is 7.15. The van der Waals surface area contributed by atoms with E-state index in [0.717, 1.165) is 6.42 Å². The zero-order chi connectivity index (χ0) is 23.3. The van der Waals surface area contributed by atoms with Gasteiger partial charge in [-0.05, 0) is 50.6 Å². The highest BCUT2D eigenvalue weighted by Gasteiger charge is 2.25. The second-order valence-electron chi connectivity index (χ2n) is 7.26. The molecule has 1 heterocycles. The van der Waals surface area contributed by atoms with Crippen molar-refractivity contribution in [3.8, 4) is 16.9 Å². The van der Waals surface area contributed by atoms with E-state index < -0.39 is 5.97 Å². The van der Waals surface area contributed by atoms with E-state index in [1.54, 1.807) is 61.7 Å². The topological polar surface area (TPSA) is 64.6 Å². The fourth-order valence-corrected chi connectivity index (χ4v) is 4.41. The SMILES string of the molecule is CCCOc1cccc(C(=O)Nc2scc(-c3ccc(Cl)cc3Cl)c2C(=O)OC(C)C)c1. The van der Waals surface area contributed by atoms with Crippen molar-refractivity contribution in [2.75, 3.05) is 11.9 Å². The van der Waals surface area contributed by atoms with Crippen molar-refractivity contribution in [1.29, 1.82) is 0 Å². The van der Waals surface area contributed by atoms with Gasteiger partial charge in [-0.25, -0.2) is 4.79 Å². The lowest BCUT2D eigenvalue weighted by Gasteiger charge is -2.13. The first-order chi connectivity index (χ1) is 15.3. The summed E-state index contributed by atoms with van der Waals surface area (Å²) in [6, 6.07) is 11.9. The molecule has 1 N–H and O–H groups in total. The van der Waals surface area contributed by atoms with Gasteiger partial charge in [0.2, 0.25) is 0 Å². The summed E-state index contributed by atoms with van der Waals surface area (Å²) in [5.74, 6) is -0.294. The van der Waals surface area contributed by atoms with Gasteiger partial charge in [-0.2, -0.15) is 0 Å². The van der Waals surface area contributed by atoms with Crippen LogP contribution in [0, 0.1) is 0 Å². The number of amides is 1. The number of benzene rings is 2. The molecule has 32 heavy (non-hydrogen) atoms. The molecule has 3 rings (SSSR count). The average Bonchev–Trinajstić information content (AvgIpc) is 3.15. The molecule has 1 aromatic heterocycles. The third-order valence-corrected chi connectivity index (χ3v) is 5.80. The van der Waals surface area contributed by atoms with Crippen molar-refractivity contribution in [2.24, 2.45) is 0 Å². The first kappa shape index (κ1) is 24.1. The Hall–Kier alpha value is -2.54. The van der Waals surface area contributed by atoms with Crippen molar-refractivity contribution < 1.29 is 19.1 Å². The van der Waals surface area contributed by atoms with Crippen LogP contribution in [0.25, 0.3) is 11.1 Å². The minimum absolute atomic E-state index is 0.250. The summed E-state index contributed by atoms with van der Waals surface area (Å²) in [5.41, 5.74) is 1.86. The molecule has 0 spiro atoms. The average molecular weight is 492 g/mol. The van der Waals surface area contributed by atoms with Gasteiger partial charge in [0.25, 0.3) is 5.91 Å². The van der Waals surface area contributed by atoms with E-state index in [9.17, 15) is 9.59 Å². The lowest BCUT2D eigenvalue weighted by molar-refractivity contribution is 0.0380. The van der Waals surface area contributed by atoms with Gasteiger partial charge < -0.3 is 14.8 Å². The minimum atomic E-state index is -0.544. The Labute approximate surface area is 201 Å². The second kappa shape index (κ2) is 10.9. The molecular weight excluding hydrogens is 469 g/mol. The van der Waals surface area contributed by atoms with Crippen molar-refractivity contribution in [3.05, 3.63) is 69.0 Å². The summed E-state index contributed by atoms with van der Waals surface area (Å²) >= 11 is 13.6. The van der Waals surface area contributed by atoms with Gasteiger partial charge in [-0.3, -0.25) is 4.79 Å². The smallest absolute Gasteiger partial charge is 0.342 e. The van der Waals surface area contributed by atoms with Crippen LogP contribution in [0.3, 0.4) is 0 Å². The van der Waals surface area contributed by atoms with Crippen LogP contribution in [-0.4, -0.2) is 24.6 Å². The molecule has 5 nitrogen and oxygen atoms in total. The summed E-state index contributed by atoms with van der Waals surface area (Å²) in [7, 11) is 0. The van der Waals surface area contributed by atoms with E-state index in [4.69, 9.17) is 32.7 Å². The monoisotopic (exact) mass is 491 g/mol. The predicted molar refractivity (Wildman–Crippen MR) is 131 cm³/mol. The zero-order valence-electron chi connectivity index (χ0n) is 17.9. The normalized spacial score (nSPS) is 10.8. The summed E-state index contributed by atoms with van der Waals surface area (Å²) in [5, 5.41) is 5.86. The standard InChI is InChI=1S/C24H23Cl2NO4S/c1-4-10-30-17-7-5-6-15(11-17)22(28)27-23-21(24(29)31-14(2)3)19(13-32-23)18-9-8-16(25)12-20(18)26/h5-9,11-14H,4,10H2,1-3H3,(H,27,28). The van der Waals surface area contributed by atoms with Crippen LogP contribution >= 0.6 is 34.5 Å². The van der Waals surface area contributed by atoms with Crippen LogP contribution in [0.4, 0.5) is 5.00 Å². The molecule has 1 amide bonds. The number of carbonyl (C=O) groups excluding carboxylic acids is 2. The van der Waals surface area contributed by atoms with E-state index in [0.29, 0.717) is 44.1 Å². The number of nitrogens with one attached hydrogen (secondary N) is 1. The molecule has 0 aliphatic rings. The number of thiophene rings is 1. The van der Waals surface area contributed by atoms with Gasteiger partial charge in [-0.1, -0.05) is 42.3 Å². The highest BCUT2D eigenvalue weighted by atomic mass is 35.5. The Morgan fingerprint density at radius 2 is 1.88 bits per heavy atom. The fourth-order valence-electron chi connectivity index (χ4n) is 2.95. The molecule has 0 aliphatic carbocycles. The van der Waals surface area contributed by atoms with E-state index in [1.165, 1.54) is 11.3 Å². The van der Waals surface area contributed by atoms with Crippen LogP contribution in [0.2, 0.25) is 10.0 Å². The maximum absolute atomic E-state index is 12.9. The van der Waals surface area contributed by atoms with Crippen LogP contribution in [0.1, 0.15) is 47.9 Å². The second-order valence-corrected chi connectivity index (χ2v) is 8.99. The Balaban J connectivity index is 1.96. The van der Waals surface area contributed by atoms with E-state index in [-0.39, 0.29) is 17.6 Å². The summed E-state index contributed by atoms with van der Waals surface area (Å²) in [4.78, 5) is 25.9. The first-order valence-corrected chi connectivity index (χ1v) is 11.8. The van der Waals surface area contributed by atoms with Crippen molar-refractivity contribution in [2.45, 2.75) is 33.3 Å². The summed E-state index contributed by atoms with van der Waals surface area (Å²) in [6.07, 6.45) is 0.537. The summed E-state index contributed by atoms with van der Waals surface area (Å²) < 4.78 is 11.0. The van der Waals surface area contributed by atoms with Crippen molar-refractivity contribution in [1.82, 2.24) is 0 Å². The molecule has 0 saturated carbocycles. The third-order valence-electron chi connectivity index (χ3n) is 4.36. The van der Waals surface area contributed by atoms with Gasteiger partial charge in [0.1, 0.15) is 16.3 Å². The number of halogens is 2. The molecule has 168 valence electrons. The molecule has 0 atom stereocenters. The van der Waals surface area contributed by atoms with E-state index in [1.807, 2.05) is 6.92 Å². The molecule has 3 aromatic rings. The van der Waals surface area contributed by atoms with Crippen molar-refractivity contribution in [3.63, 3.8) is 0 Å². The molecule has 8 heteroatoms. The Morgan fingerprint density at radius 3 is 2.56 bits per heavy atom. The van der Waals surface area contributed by atoms with Gasteiger partial charge >= 0.3 is 5.97 Å². The number of esters is 1. The third kappa shape index (κ3) is 5.82. The number of hydrogen-bond acceptors (Lipinski definition) is 5. The number of carbonyl (C=O) groups is 2. The van der Waals surface area contributed by atoms with E-state index in [2.05, 4.69) is 5.32 Å². The van der Waals surface area contributed by atoms with Crippen molar-refractivity contribution >= 4 is 51.4 Å². The maximum Gasteiger partial charge on any atom is 0.342 e. The lowest BCUT2D eigenvalue weighted by Crippen LogP contribution is -2.17. The number of hydrogen-bond donors (Lipinski definition) is 1. The number of anilines is 1. The molecule has 2 aromatic carbocycles. The molecule has 0 bridgehead atoms. The minimum Gasteiger partial charge on any atom is -0.494 e. The summed E-state index contributed by atoms with van der Waals surface area (Å²) in [6.45, 7) is 6.10. The zero-order valence-corrected chi connectivity index (χ0v) is 20.2. The van der Waals surface area contributed by atoms with Crippen LogP contribution in [-0.2, 0) is 4.74 Å². The molecule has 0 fully saturated rings. The highest BCUT2D eigenvalue weighted by Crippen LogP contribution is 2.40. The van der Waals surface area contributed by atoms with Gasteiger partial charge in [0, 0.05) is 32.1 Å². The van der Waals surface area contributed by atoms with Gasteiger partial charge in [0.05, 0.1) is 12.7 Å². The Morgan fingerprint density at radius 1 is 1.09 bits per heavy atom. The first-order valence-electron chi connectivity index (χ1n) is 10.1. The fraction of sp³-hybridized carbons (Fsp3) is 0.250. The molecule has 0 radical (unpaired) electrons. The molecular formula is C24H23Cl2NO4S. The Bertz CT molecular complexity index is 1130. The quantitative estimate of drug-likeness (QED) is 0.335. The molecule has 0 unspecified atom stereocenters. The Kier molecular flexibility index (Phi) is 8.18.